The van der Waals surface area contributed by atoms with Crippen LogP contribution in [0.15, 0.2) is 48.9 Å². The highest BCUT2D eigenvalue weighted by Crippen LogP contribution is 2.27. The van der Waals surface area contributed by atoms with Crippen molar-refractivity contribution in [1.82, 2.24) is 15.0 Å². The summed E-state index contributed by atoms with van der Waals surface area (Å²) in [6.07, 6.45) is 4.54. The predicted molar refractivity (Wildman–Crippen MR) is 86.7 cm³/mol. The Kier molecular flexibility index (Phi) is 4.29. The zero-order valence-corrected chi connectivity index (χ0v) is 13.2. The minimum atomic E-state index is -0.621. The summed E-state index contributed by atoms with van der Waals surface area (Å²) in [5, 5.41) is 0. The summed E-state index contributed by atoms with van der Waals surface area (Å²) in [5.41, 5.74) is 2.66. The van der Waals surface area contributed by atoms with E-state index in [0.717, 1.165) is 5.56 Å². The number of methoxy groups -OCH3 is 1. The molecule has 6 heteroatoms. The molecule has 0 aliphatic heterocycles. The summed E-state index contributed by atoms with van der Waals surface area (Å²) in [7, 11) is 1.28. The fourth-order valence-corrected chi connectivity index (χ4v) is 2.34. The number of nitrogens with zero attached hydrogens (tertiary/aromatic N) is 3. The largest absolute Gasteiger partial charge is 0.465 e. The molecule has 0 saturated heterocycles. The number of hydrogen-bond acceptors (Lipinski definition) is 5. The Morgan fingerprint density at radius 2 is 1.96 bits per heavy atom. The van der Waals surface area contributed by atoms with Crippen LogP contribution in [0.5, 0.6) is 0 Å². The second-order valence-electron chi connectivity index (χ2n) is 5.18. The van der Waals surface area contributed by atoms with E-state index < -0.39 is 11.9 Å². The van der Waals surface area contributed by atoms with Gasteiger partial charge in [0.2, 0.25) is 5.95 Å². The van der Waals surface area contributed by atoms with Gasteiger partial charge in [-0.25, -0.2) is 9.78 Å². The van der Waals surface area contributed by atoms with E-state index in [9.17, 15) is 9.18 Å². The lowest BCUT2D eigenvalue weighted by Gasteiger charge is -2.10. The molecule has 0 saturated carbocycles. The van der Waals surface area contributed by atoms with Crippen LogP contribution in [0, 0.1) is 12.9 Å². The summed E-state index contributed by atoms with van der Waals surface area (Å²) in [4.78, 5) is 24.4. The molecule has 0 amide bonds. The Hall–Kier alpha value is -3.15. The zero-order chi connectivity index (χ0) is 17.1. The number of hydrogen-bond donors (Lipinski definition) is 0. The number of halogens is 1. The normalized spacial score (nSPS) is 10.5. The van der Waals surface area contributed by atoms with Crippen LogP contribution >= 0.6 is 0 Å². The lowest BCUT2D eigenvalue weighted by Crippen LogP contribution is -2.06. The van der Waals surface area contributed by atoms with E-state index in [2.05, 4.69) is 15.0 Å². The molecule has 0 atom stereocenters. The monoisotopic (exact) mass is 323 g/mol. The Labute approximate surface area is 138 Å². The number of ether oxygens (including phenoxy) is 1. The topological polar surface area (TPSA) is 65.0 Å². The number of rotatable bonds is 3. The molecule has 0 bridgehead atoms. The van der Waals surface area contributed by atoms with Crippen LogP contribution in [0.1, 0.15) is 15.9 Å². The quantitative estimate of drug-likeness (QED) is 0.546. The predicted octanol–water partition coefficient (Wildman–Crippen LogP) is 3.44. The fourth-order valence-electron chi connectivity index (χ4n) is 2.34. The molecule has 5 nitrogen and oxygen atoms in total. The molecule has 0 fully saturated rings. The molecule has 120 valence electrons. The van der Waals surface area contributed by atoms with Crippen LogP contribution in [0.25, 0.3) is 22.5 Å². The summed E-state index contributed by atoms with van der Waals surface area (Å²) < 4.78 is 18.9. The van der Waals surface area contributed by atoms with E-state index in [1.54, 1.807) is 36.5 Å². The van der Waals surface area contributed by atoms with Crippen molar-refractivity contribution in [3.8, 4) is 22.5 Å². The van der Waals surface area contributed by atoms with Gasteiger partial charge in [0.15, 0.2) is 0 Å². The first kappa shape index (κ1) is 15.7. The lowest BCUT2D eigenvalue weighted by atomic mass is 10.0. The molecular weight excluding hydrogens is 309 g/mol. The number of pyridine rings is 3. The second kappa shape index (κ2) is 6.54. The van der Waals surface area contributed by atoms with Gasteiger partial charge < -0.3 is 4.74 Å². The number of aromatic nitrogens is 3. The molecule has 3 aromatic heterocycles. The smallest absolute Gasteiger partial charge is 0.340 e. The second-order valence-corrected chi connectivity index (χ2v) is 5.18. The average molecular weight is 323 g/mol. The first-order valence-corrected chi connectivity index (χ1v) is 7.22. The zero-order valence-electron chi connectivity index (χ0n) is 13.2. The van der Waals surface area contributed by atoms with Gasteiger partial charge in [0.25, 0.3) is 0 Å². The molecule has 0 aromatic carbocycles. The van der Waals surface area contributed by atoms with Gasteiger partial charge in [0, 0.05) is 29.7 Å². The molecule has 3 aromatic rings. The first-order chi connectivity index (χ1) is 11.6. The van der Waals surface area contributed by atoms with Crippen molar-refractivity contribution < 1.29 is 13.9 Å². The van der Waals surface area contributed by atoms with Crippen molar-refractivity contribution >= 4 is 5.97 Å². The minimum Gasteiger partial charge on any atom is -0.465 e. The van der Waals surface area contributed by atoms with Crippen LogP contribution in [0.2, 0.25) is 0 Å². The summed E-state index contributed by atoms with van der Waals surface area (Å²) in [6, 6.07) is 8.50. The molecule has 24 heavy (non-hydrogen) atoms. The minimum absolute atomic E-state index is 0.217. The summed E-state index contributed by atoms with van der Waals surface area (Å²) in [5.74, 6) is -1.19. The van der Waals surface area contributed by atoms with Crippen LogP contribution in [-0.2, 0) is 4.74 Å². The highest BCUT2D eigenvalue weighted by Gasteiger charge is 2.18. The van der Waals surface area contributed by atoms with Gasteiger partial charge in [-0.2, -0.15) is 4.39 Å². The van der Waals surface area contributed by atoms with Gasteiger partial charge in [0.05, 0.1) is 18.4 Å². The van der Waals surface area contributed by atoms with E-state index in [1.807, 2.05) is 6.92 Å². The van der Waals surface area contributed by atoms with E-state index >= 15 is 0 Å². The molecule has 0 unspecified atom stereocenters. The van der Waals surface area contributed by atoms with E-state index in [-0.39, 0.29) is 11.1 Å². The SMILES string of the molecule is COC(=O)c1cc(-c2cc(C)cnc2F)cnc1-c1ccccn1. The van der Waals surface area contributed by atoms with Gasteiger partial charge in [-0.15, -0.1) is 0 Å². The Balaban J connectivity index is 2.18. The van der Waals surface area contributed by atoms with Crippen molar-refractivity contribution in [2.24, 2.45) is 0 Å². The van der Waals surface area contributed by atoms with Gasteiger partial charge in [-0.05, 0) is 36.8 Å². The van der Waals surface area contributed by atoms with Gasteiger partial charge in [-0.1, -0.05) is 6.07 Å². The maximum Gasteiger partial charge on any atom is 0.340 e. The van der Waals surface area contributed by atoms with Crippen molar-refractivity contribution in [2.45, 2.75) is 6.92 Å². The van der Waals surface area contributed by atoms with Crippen molar-refractivity contribution in [1.29, 1.82) is 0 Å². The number of aryl methyl sites for hydroxylation is 1. The summed E-state index contributed by atoms with van der Waals surface area (Å²) in [6.45, 7) is 1.81. The van der Waals surface area contributed by atoms with Crippen LogP contribution in [0.4, 0.5) is 4.39 Å². The van der Waals surface area contributed by atoms with Crippen LogP contribution in [0.3, 0.4) is 0 Å². The molecule has 0 aliphatic rings. The van der Waals surface area contributed by atoms with E-state index in [1.165, 1.54) is 19.5 Å². The van der Waals surface area contributed by atoms with Gasteiger partial charge in [0.1, 0.15) is 5.69 Å². The average Bonchev–Trinajstić information content (AvgIpc) is 2.63. The third-order valence-corrected chi connectivity index (χ3v) is 3.49. The Bertz CT molecular complexity index is 898. The number of esters is 1. The van der Waals surface area contributed by atoms with Gasteiger partial charge in [-0.3, -0.25) is 9.97 Å². The summed E-state index contributed by atoms with van der Waals surface area (Å²) >= 11 is 0. The number of carbonyl (C=O) groups is 1. The third kappa shape index (κ3) is 2.99. The van der Waals surface area contributed by atoms with Crippen molar-refractivity contribution in [3.63, 3.8) is 0 Å². The molecule has 0 aliphatic carbocycles. The van der Waals surface area contributed by atoms with Crippen molar-refractivity contribution in [3.05, 3.63) is 66.0 Å². The molecule has 0 spiro atoms. The molecular formula is C18H14FN3O2. The lowest BCUT2D eigenvalue weighted by molar-refractivity contribution is 0.0601. The standard InChI is InChI=1S/C18H14FN3O2/c1-11-7-13(17(19)22-9-11)12-8-14(18(23)24-2)16(21-10-12)15-5-3-4-6-20-15/h3-10H,1-2H3. The van der Waals surface area contributed by atoms with E-state index in [4.69, 9.17) is 4.74 Å². The van der Waals surface area contributed by atoms with Gasteiger partial charge >= 0.3 is 5.97 Å². The Morgan fingerprint density at radius 1 is 1.12 bits per heavy atom. The number of carbonyl (C=O) groups excluding carboxylic acids is 1. The van der Waals surface area contributed by atoms with Crippen molar-refractivity contribution in [2.75, 3.05) is 7.11 Å². The Morgan fingerprint density at radius 3 is 2.67 bits per heavy atom. The molecule has 3 rings (SSSR count). The third-order valence-electron chi connectivity index (χ3n) is 3.49. The fraction of sp³-hybridized carbons (Fsp3) is 0.111. The highest BCUT2D eigenvalue weighted by atomic mass is 19.1. The van der Waals surface area contributed by atoms with Crippen LogP contribution in [-0.4, -0.2) is 28.0 Å². The maximum absolute atomic E-state index is 14.0. The highest BCUT2D eigenvalue weighted by molar-refractivity contribution is 5.97. The molecule has 0 N–H and O–H groups in total. The first-order valence-electron chi connectivity index (χ1n) is 7.22. The molecule has 3 heterocycles. The maximum atomic E-state index is 14.0. The molecule has 0 radical (unpaired) electrons. The van der Waals surface area contributed by atoms with E-state index in [0.29, 0.717) is 17.0 Å². The van der Waals surface area contributed by atoms with Crippen LogP contribution < -0.4 is 0 Å².